The summed E-state index contributed by atoms with van der Waals surface area (Å²) < 4.78 is 33.8. The smallest absolute Gasteiger partial charge is 0.261 e. The summed E-state index contributed by atoms with van der Waals surface area (Å²) in [6.07, 6.45) is 1.46. The number of sulfonamides is 1. The van der Waals surface area contributed by atoms with Gasteiger partial charge < -0.3 is 19.9 Å². The van der Waals surface area contributed by atoms with E-state index in [1.165, 1.54) is 24.3 Å². The second kappa shape index (κ2) is 8.48. The zero-order chi connectivity index (χ0) is 23.9. The van der Waals surface area contributed by atoms with Crippen LogP contribution in [-0.4, -0.2) is 50.9 Å². The number of aromatic amines is 1. The van der Waals surface area contributed by atoms with E-state index in [4.69, 9.17) is 9.57 Å². The van der Waals surface area contributed by atoms with Gasteiger partial charge in [0.2, 0.25) is 0 Å². The van der Waals surface area contributed by atoms with Crippen molar-refractivity contribution in [3.63, 3.8) is 0 Å². The minimum absolute atomic E-state index is 0.00403. The number of H-pyrrole nitrogens is 1. The highest BCUT2D eigenvalue weighted by molar-refractivity contribution is 7.92. The summed E-state index contributed by atoms with van der Waals surface area (Å²) >= 11 is 0. The molecule has 0 saturated carbocycles. The molecular formula is C23H21N5O5S. The van der Waals surface area contributed by atoms with Gasteiger partial charge in [0.05, 0.1) is 53.1 Å². The Labute approximate surface area is 195 Å². The average molecular weight is 480 g/mol. The lowest BCUT2D eigenvalue weighted by Crippen LogP contribution is -2.34. The second-order valence-electron chi connectivity index (χ2n) is 8.18. The van der Waals surface area contributed by atoms with Gasteiger partial charge in [0.25, 0.3) is 15.9 Å². The lowest BCUT2D eigenvalue weighted by molar-refractivity contribution is 0.0558. The van der Waals surface area contributed by atoms with Crippen molar-refractivity contribution in [1.29, 1.82) is 5.26 Å². The summed E-state index contributed by atoms with van der Waals surface area (Å²) in [6.45, 7) is 3.10. The van der Waals surface area contributed by atoms with Gasteiger partial charge in [-0.1, -0.05) is 11.2 Å². The van der Waals surface area contributed by atoms with Gasteiger partial charge in [-0.05, 0) is 42.8 Å². The third-order valence-electron chi connectivity index (χ3n) is 6.03. The molecule has 5 rings (SSSR count). The molecule has 1 fully saturated rings. The fourth-order valence-corrected chi connectivity index (χ4v) is 5.24. The number of carbonyl (C=O) groups excluding carboxylic acids is 1. The van der Waals surface area contributed by atoms with Crippen LogP contribution in [0.3, 0.4) is 0 Å². The minimum atomic E-state index is -3.93. The highest BCUT2D eigenvalue weighted by atomic mass is 32.2. The van der Waals surface area contributed by atoms with E-state index in [1.807, 2.05) is 6.92 Å². The van der Waals surface area contributed by atoms with E-state index < -0.39 is 10.0 Å². The molecule has 0 radical (unpaired) electrons. The third kappa shape index (κ3) is 3.87. The molecule has 0 aliphatic carbocycles. The molecule has 0 spiro atoms. The van der Waals surface area contributed by atoms with Crippen molar-refractivity contribution in [2.45, 2.75) is 17.9 Å². The first kappa shape index (κ1) is 21.9. The van der Waals surface area contributed by atoms with E-state index >= 15 is 0 Å². The fraction of sp³-hybridized carbons (Fsp3) is 0.261. The van der Waals surface area contributed by atoms with Gasteiger partial charge in [0, 0.05) is 17.1 Å². The first-order valence-electron chi connectivity index (χ1n) is 10.6. The number of nitrogens with zero attached hydrogens (tertiary/aromatic N) is 2. The fourth-order valence-electron chi connectivity index (χ4n) is 4.17. The maximum absolute atomic E-state index is 13.0. The number of fused-ring (bicyclic) bond motifs is 2. The molecule has 1 saturated heterocycles. The molecule has 174 valence electrons. The monoisotopic (exact) mass is 479 g/mol. The molecule has 2 aliphatic heterocycles. The average Bonchev–Trinajstić information content (AvgIpc) is 3.56. The third-order valence-corrected chi connectivity index (χ3v) is 7.41. The molecule has 2 aliphatic rings. The van der Waals surface area contributed by atoms with E-state index in [2.05, 4.69) is 26.2 Å². The van der Waals surface area contributed by atoms with Gasteiger partial charge in [0.1, 0.15) is 6.07 Å². The number of oxime groups is 1. The number of rotatable bonds is 6. The van der Waals surface area contributed by atoms with Crippen LogP contribution < -0.4 is 10.0 Å². The first-order chi connectivity index (χ1) is 16.4. The lowest BCUT2D eigenvalue weighted by Gasteiger charge is -2.11. The van der Waals surface area contributed by atoms with Crippen molar-refractivity contribution in [2.24, 2.45) is 11.1 Å². The van der Waals surface area contributed by atoms with Crippen LogP contribution in [0.1, 0.15) is 21.5 Å². The summed E-state index contributed by atoms with van der Waals surface area (Å²) in [6, 6.07) is 11.1. The number of ether oxygens (including phenoxy) is 1. The summed E-state index contributed by atoms with van der Waals surface area (Å²) in [5, 5.41) is 16.8. The van der Waals surface area contributed by atoms with E-state index in [1.54, 1.807) is 18.3 Å². The predicted molar refractivity (Wildman–Crippen MR) is 124 cm³/mol. The van der Waals surface area contributed by atoms with Crippen molar-refractivity contribution in [1.82, 2.24) is 10.3 Å². The molecule has 3 N–H and O–H groups in total. The number of aromatic nitrogens is 1. The van der Waals surface area contributed by atoms with Crippen molar-refractivity contribution >= 4 is 38.2 Å². The molecule has 2 aromatic carbocycles. The Morgan fingerprint density at radius 3 is 2.79 bits per heavy atom. The predicted octanol–water partition coefficient (Wildman–Crippen LogP) is 2.28. The number of benzene rings is 2. The maximum atomic E-state index is 13.0. The van der Waals surface area contributed by atoms with Gasteiger partial charge in [0.15, 0.2) is 6.10 Å². The van der Waals surface area contributed by atoms with Crippen LogP contribution in [0.2, 0.25) is 0 Å². The van der Waals surface area contributed by atoms with Crippen molar-refractivity contribution in [3.8, 4) is 6.07 Å². The van der Waals surface area contributed by atoms with Crippen LogP contribution in [-0.2, 0) is 19.6 Å². The number of amides is 1. The number of anilines is 1. The number of aryl methyl sites for hydroxylation is 1. The zero-order valence-corrected chi connectivity index (χ0v) is 19.0. The first-order valence-corrected chi connectivity index (χ1v) is 12.1. The van der Waals surface area contributed by atoms with E-state index in [0.29, 0.717) is 40.9 Å². The van der Waals surface area contributed by atoms with Crippen LogP contribution in [0.25, 0.3) is 10.9 Å². The molecular weight excluding hydrogens is 458 g/mol. The molecule has 10 nitrogen and oxygen atoms in total. The van der Waals surface area contributed by atoms with Crippen molar-refractivity contribution in [3.05, 3.63) is 59.3 Å². The Morgan fingerprint density at radius 1 is 1.24 bits per heavy atom. The topological polar surface area (TPSA) is 146 Å². The quantitative estimate of drug-likeness (QED) is 0.494. The molecule has 3 heterocycles. The molecule has 1 aromatic heterocycles. The maximum Gasteiger partial charge on any atom is 0.261 e. The normalized spacial score (nSPS) is 19.2. The number of hydrogen-bond donors (Lipinski definition) is 3. The van der Waals surface area contributed by atoms with Gasteiger partial charge in [-0.15, -0.1) is 0 Å². The molecule has 0 unspecified atom stereocenters. The Bertz CT molecular complexity index is 1450. The van der Waals surface area contributed by atoms with Crippen LogP contribution in [0.4, 0.5) is 5.69 Å². The van der Waals surface area contributed by atoms with Gasteiger partial charge in [-0.25, -0.2) is 8.42 Å². The molecule has 0 bridgehead atoms. The van der Waals surface area contributed by atoms with E-state index in [0.717, 1.165) is 11.3 Å². The van der Waals surface area contributed by atoms with Crippen LogP contribution in [0.15, 0.2) is 52.6 Å². The Balaban J connectivity index is 1.29. The Kier molecular flexibility index (Phi) is 5.47. The summed E-state index contributed by atoms with van der Waals surface area (Å²) in [7, 11) is -3.93. The van der Waals surface area contributed by atoms with Crippen LogP contribution >= 0.6 is 0 Å². The van der Waals surface area contributed by atoms with Gasteiger partial charge in [-0.3, -0.25) is 9.52 Å². The molecule has 11 heteroatoms. The molecule has 2 atom stereocenters. The van der Waals surface area contributed by atoms with Crippen LogP contribution in [0.5, 0.6) is 0 Å². The van der Waals surface area contributed by atoms with Crippen LogP contribution in [0, 0.1) is 24.2 Å². The van der Waals surface area contributed by atoms with Crippen molar-refractivity contribution < 1.29 is 22.8 Å². The lowest BCUT2D eigenvalue weighted by atomic mass is 10.0. The summed E-state index contributed by atoms with van der Waals surface area (Å²) in [4.78, 5) is 20.8. The Morgan fingerprint density at radius 2 is 2.03 bits per heavy atom. The highest BCUT2D eigenvalue weighted by Gasteiger charge is 2.39. The number of hydrogen-bond acceptors (Lipinski definition) is 7. The number of nitrogens with one attached hydrogen (secondary N) is 3. The minimum Gasteiger partial charge on any atom is -0.389 e. The zero-order valence-electron chi connectivity index (χ0n) is 18.2. The SMILES string of the molecule is Cc1ccc(NS(=O)(=O)c2ccc(C(=O)NCC3=NO[C@@H]4COC[C@H]34)cc2)c2[nH]cc(C#N)c12. The summed E-state index contributed by atoms with van der Waals surface area (Å²) in [5.74, 6) is -0.298. The number of carbonyl (C=O) groups is 1. The second-order valence-corrected chi connectivity index (χ2v) is 9.86. The van der Waals surface area contributed by atoms with E-state index in [-0.39, 0.29) is 29.4 Å². The Hall–Kier alpha value is -3.88. The van der Waals surface area contributed by atoms with Gasteiger partial charge in [-0.2, -0.15) is 5.26 Å². The highest BCUT2D eigenvalue weighted by Crippen LogP contribution is 2.30. The molecule has 1 amide bonds. The standard InChI is InChI=1S/C23H21N5O5S/c1-13-2-7-18(22-21(13)15(8-24)9-25-22)28-34(30,31)16-5-3-14(4-6-16)23(29)26-10-19-17-11-32-12-20(17)33-27-19/h2-7,9,17,20,25,28H,10-12H2,1H3,(H,26,29)/t17-,20-/m1/s1. The van der Waals surface area contributed by atoms with E-state index in [9.17, 15) is 18.5 Å². The molecule has 3 aromatic rings. The molecule has 34 heavy (non-hydrogen) atoms. The summed E-state index contributed by atoms with van der Waals surface area (Å²) in [5.41, 5.74) is 3.21. The van der Waals surface area contributed by atoms with Crippen molar-refractivity contribution in [2.75, 3.05) is 24.5 Å². The number of nitriles is 1. The van der Waals surface area contributed by atoms with Gasteiger partial charge >= 0.3 is 0 Å². The largest absolute Gasteiger partial charge is 0.389 e.